The number of hydrogen-bond donors (Lipinski definition) is 4. The van der Waals surface area contributed by atoms with E-state index in [-0.39, 0.29) is 5.78 Å². The predicted molar refractivity (Wildman–Crippen MR) is 68.8 cm³/mol. The Morgan fingerprint density at radius 2 is 1.72 bits per heavy atom. The van der Waals surface area contributed by atoms with Gasteiger partial charge in [0, 0.05) is 4.57 Å². The average molecular weight is 273 g/mol. The fourth-order valence-corrected chi connectivity index (χ4v) is 1.31. The van der Waals surface area contributed by atoms with Crippen molar-refractivity contribution in [2.75, 3.05) is 0 Å². The molecule has 0 amide bonds. The van der Waals surface area contributed by atoms with Gasteiger partial charge in [-0.1, -0.05) is 30.3 Å². The minimum Gasteiger partial charge on any atom is -0.322 e. The van der Waals surface area contributed by atoms with Crippen molar-refractivity contribution < 1.29 is 19.1 Å². The number of hydrogen-bond acceptors (Lipinski definition) is 4. The third-order valence-electron chi connectivity index (χ3n) is 2.11. The summed E-state index contributed by atoms with van der Waals surface area (Å²) in [6, 6.07) is 8.73. The zero-order valence-electron chi connectivity index (χ0n) is 10.1. The Morgan fingerprint density at radius 1 is 1.28 bits per heavy atom. The van der Waals surface area contributed by atoms with E-state index in [2.05, 4.69) is 0 Å². The zero-order chi connectivity index (χ0) is 14.1. The highest BCUT2D eigenvalue weighted by Gasteiger charge is 2.17. The van der Waals surface area contributed by atoms with Crippen LogP contribution in [0.5, 0.6) is 0 Å². The molecule has 0 aliphatic carbocycles. The first-order valence-electron chi connectivity index (χ1n) is 5.28. The molecule has 1 aromatic carbocycles. The van der Waals surface area contributed by atoms with Crippen LogP contribution in [0.25, 0.3) is 0 Å². The first kappa shape index (κ1) is 16.8. The highest BCUT2D eigenvalue weighted by molar-refractivity contribution is 7.30. The number of carbonyl (C=O) groups is 1. The number of benzene rings is 1. The maximum absolute atomic E-state index is 11.4. The molecular formula is C11H18N2O4P+. The van der Waals surface area contributed by atoms with Crippen LogP contribution in [-0.2, 0) is 15.8 Å². The average Bonchev–Trinajstić information content (AvgIpc) is 2.28. The molecule has 0 aromatic heterocycles. The second-order valence-electron chi connectivity index (χ2n) is 3.74. The van der Waals surface area contributed by atoms with Gasteiger partial charge in [0.05, 0.1) is 12.1 Å². The van der Waals surface area contributed by atoms with Gasteiger partial charge in [-0.05, 0) is 18.9 Å². The van der Waals surface area contributed by atoms with E-state index in [1.807, 2.05) is 30.3 Å². The molecule has 100 valence electrons. The monoisotopic (exact) mass is 273 g/mol. The van der Waals surface area contributed by atoms with Crippen LogP contribution in [0.2, 0.25) is 0 Å². The quantitative estimate of drug-likeness (QED) is 0.576. The Labute approximate surface area is 107 Å². The van der Waals surface area contributed by atoms with Crippen LogP contribution in [0.3, 0.4) is 0 Å². The van der Waals surface area contributed by atoms with E-state index in [1.165, 1.54) is 0 Å². The molecule has 0 unspecified atom stereocenters. The summed E-state index contributed by atoms with van der Waals surface area (Å²) in [5.41, 5.74) is 12.2. The maximum Gasteiger partial charge on any atom is 0.692 e. The molecule has 1 aromatic rings. The van der Waals surface area contributed by atoms with Crippen LogP contribution in [0.15, 0.2) is 30.3 Å². The van der Waals surface area contributed by atoms with Crippen LogP contribution in [-0.4, -0.2) is 27.7 Å². The van der Waals surface area contributed by atoms with Crippen LogP contribution in [0.1, 0.15) is 12.5 Å². The summed E-state index contributed by atoms with van der Waals surface area (Å²) in [4.78, 5) is 25.6. The third kappa shape index (κ3) is 8.00. The highest BCUT2D eigenvalue weighted by atomic mass is 31.1. The Hall–Kier alpha value is -1.17. The van der Waals surface area contributed by atoms with Crippen molar-refractivity contribution >= 4 is 14.0 Å². The van der Waals surface area contributed by atoms with Gasteiger partial charge in [-0.25, -0.2) is 0 Å². The van der Waals surface area contributed by atoms with E-state index >= 15 is 0 Å². The molecule has 0 aliphatic rings. The molecular weight excluding hydrogens is 255 g/mol. The molecule has 6 nitrogen and oxygen atoms in total. The van der Waals surface area contributed by atoms with Crippen molar-refractivity contribution in [3.63, 3.8) is 0 Å². The van der Waals surface area contributed by atoms with Crippen molar-refractivity contribution in [1.29, 1.82) is 0 Å². The highest BCUT2D eigenvalue weighted by Crippen LogP contribution is 2.03. The molecule has 0 spiro atoms. The molecule has 0 radical (unpaired) electrons. The maximum atomic E-state index is 11.4. The molecule has 0 aliphatic heterocycles. The number of ketones is 1. The molecule has 1 rings (SSSR count). The van der Waals surface area contributed by atoms with E-state index in [0.717, 1.165) is 5.56 Å². The minimum atomic E-state index is -2.87. The smallest absolute Gasteiger partial charge is 0.322 e. The lowest BCUT2D eigenvalue weighted by molar-refractivity contribution is -0.121. The molecule has 18 heavy (non-hydrogen) atoms. The van der Waals surface area contributed by atoms with Crippen molar-refractivity contribution in [3.05, 3.63) is 35.9 Å². The summed E-state index contributed by atoms with van der Waals surface area (Å²) in [7, 11) is -2.87. The van der Waals surface area contributed by atoms with Gasteiger partial charge < -0.3 is 11.5 Å². The first-order chi connectivity index (χ1) is 8.34. The second kappa shape index (κ2) is 8.85. The largest absolute Gasteiger partial charge is 0.692 e. The van der Waals surface area contributed by atoms with Crippen LogP contribution in [0, 0.1) is 0 Å². The molecule has 0 fully saturated rings. The fourth-order valence-electron chi connectivity index (χ4n) is 1.31. The van der Waals surface area contributed by atoms with E-state index in [0.29, 0.717) is 6.42 Å². The SMILES string of the molecule is C[C@@H](N)C(=O)[C@@H](N)Cc1ccccc1.O=[P+](O)O. The minimum absolute atomic E-state index is 0.0890. The van der Waals surface area contributed by atoms with Crippen molar-refractivity contribution in [3.8, 4) is 0 Å². The fraction of sp³-hybridized carbons (Fsp3) is 0.364. The van der Waals surface area contributed by atoms with E-state index < -0.39 is 20.3 Å². The summed E-state index contributed by atoms with van der Waals surface area (Å²) in [6.07, 6.45) is 0.557. The molecule has 6 N–H and O–H groups in total. The normalized spacial score (nSPS) is 12.9. The molecule has 0 bridgehead atoms. The van der Waals surface area contributed by atoms with Gasteiger partial charge in [-0.3, -0.25) is 4.79 Å². The van der Waals surface area contributed by atoms with Gasteiger partial charge in [0.15, 0.2) is 5.78 Å². The van der Waals surface area contributed by atoms with Crippen LogP contribution >= 0.6 is 8.25 Å². The zero-order valence-corrected chi connectivity index (χ0v) is 11.0. The Bertz CT molecular complexity index is 380. The summed E-state index contributed by atoms with van der Waals surface area (Å²) in [5, 5.41) is 0. The third-order valence-corrected chi connectivity index (χ3v) is 2.11. The lowest BCUT2D eigenvalue weighted by Gasteiger charge is -2.12. The van der Waals surface area contributed by atoms with Gasteiger partial charge in [-0.15, -0.1) is 9.79 Å². The Balaban J connectivity index is 0.000000631. The van der Waals surface area contributed by atoms with Gasteiger partial charge in [0.2, 0.25) is 0 Å². The standard InChI is InChI=1S/C11H16N2O.HO3P/c1-8(12)11(14)10(13)7-9-5-3-2-4-6-9;1-4(2)3/h2-6,8,10H,7,12-13H2,1H3;(H-,1,2,3)/p+1/t8-,10+;/m1./s1. The second-order valence-corrected chi connectivity index (χ2v) is 4.25. The van der Waals surface area contributed by atoms with Gasteiger partial charge in [0.1, 0.15) is 0 Å². The number of nitrogens with two attached hydrogens (primary N) is 2. The Morgan fingerprint density at radius 3 is 2.11 bits per heavy atom. The summed E-state index contributed by atoms with van der Waals surface area (Å²) >= 11 is 0. The van der Waals surface area contributed by atoms with Crippen molar-refractivity contribution in [2.45, 2.75) is 25.4 Å². The molecule has 0 saturated carbocycles. The van der Waals surface area contributed by atoms with Crippen molar-refractivity contribution in [2.24, 2.45) is 11.5 Å². The van der Waals surface area contributed by atoms with E-state index in [1.54, 1.807) is 6.92 Å². The molecule has 0 saturated heterocycles. The molecule has 7 heteroatoms. The number of Topliss-reactive ketones (excluding diaryl/α,β-unsaturated/α-hetero) is 1. The summed E-state index contributed by atoms with van der Waals surface area (Å²) in [5.74, 6) is -0.0890. The van der Waals surface area contributed by atoms with Crippen molar-refractivity contribution in [1.82, 2.24) is 0 Å². The van der Waals surface area contributed by atoms with Gasteiger partial charge in [-0.2, -0.15) is 0 Å². The van der Waals surface area contributed by atoms with E-state index in [9.17, 15) is 4.79 Å². The first-order valence-corrected chi connectivity index (χ1v) is 6.45. The molecule has 0 heterocycles. The van der Waals surface area contributed by atoms with Gasteiger partial charge >= 0.3 is 8.25 Å². The van der Waals surface area contributed by atoms with Crippen LogP contribution < -0.4 is 11.5 Å². The number of carbonyl (C=O) groups excluding carboxylic acids is 1. The Kier molecular flexibility index (Phi) is 8.28. The van der Waals surface area contributed by atoms with Gasteiger partial charge in [0.25, 0.3) is 0 Å². The van der Waals surface area contributed by atoms with Crippen LogP contribution in [0.4, 0.5) is 0 Å². The summed E-state index contributed by atoms with van der Waals surface area (Å²) < 4.78 is 8.70. The summed E-state index contributed by atoms with van der Waals surface area (Å²) in [6.45, 7) is 1.66. The number of rotatable bonds is 4. The predicted octanol–water partition coefficient (Wildman–Crippen LogP) is 0.101. The lowest BCUT2D eigenvalue weighted by atomic mass is 10.00. The topological polar surface area (TPSA) is 127 Å². The van der Waals surface area contributed by atoms with E-state index in [4.69, 9.17) is 25.8 Å². The lowest BCUT2D eigenvalue weighted by Crippen LogP contribution is -2.42. The molecule has 2 atom stereocenters.